The lowest BCUT2D eigenvalue weighted by atomic mass is 9.78. The highest BCUT2D eigenvalue weighted by Crippen LogP contribution is 2.45. The smallest absolute Gasteiger partial charge is 0.324 e. The summed E-state index contributed by atoms with van der Waals surface area (Å²) >= 11 is 0. The maximum Gasteiger partial charge on any atom is 0.324 e. The molecule has 1 aromatic rings. The minimum absolute atomic E-state index is 0.0546. The minimum Gasteiger partial charge on any atom is -0.481 e. The van der Waals surface area contributed by atoms with E-state index in [-0.39, 0.29) is 6.03 Å². The largest absolute Gasteiger partial charge is 0.481 e. The maximum absolute atomic E-state index is 12.3. The zero-order valence-corrected chi connectivity index (χ0v) is 12.2. The third-order valence-electron chi connectivity index (χ3n) is 4.79. The van der Waals surface area contributed by atoms with Gasteiger partial charge >= 0.3 is 12.0 Å². The molecular formula is C16H20N2O3. The topological polar surface area (TPSA) is 60.9 Å². The summed E-state index contributed by atoms with van der Waals surface area (Å²) < 4.78 is 0. The molecule has 5 nitrogen and oxygen atoms in total. The van der Waals surface area contributed by atoms with E-state index in [1.807, 2.05) is 24.3 Å². The van der Waals surface area contributed by atoms with Crippen molar-refractivity contribution in [2.24, 2.45) is 0 Å². The molecule has 1 saturated heterocycles. The van der Waals surface area contributed by atoms with E-state index in [1.165, 1.54) is 0 Å². The normalized spacial score (nSPS) is 21.1. The molecule has 3 rings (SSSR count). The van der Waals surface area contributed by atoms with Crippen LogP contribution in [0.15, 0.2) is 24.3 Å². The first-order chi connectivity index (χ1) is 10.1. The Balaban J connectivity index is 2.08. The Bertz CT molecular complexity index is 579. The van der Waals surface area contributed by atoms with Gasteiger partial charge in [0.1, 0.15) is 0 Å². The van der Waals surface area contributed by atoms with Crippen LogP contribution in [0.3, 0.4) is 0 Å². The van der Waals surface area contributed by atoms with Gasteiger partial charge in [-0.3, -0.25) is 9.69 Å². The van der Waals surface area contributed by atoms with E-state index < -0.39 is 11.4 Å². The first kappa shape index (κ1) is 13.9. The maximum atomic E-state index is 12.3. The van der Waals surface area contributed by atoms with Gasteiger partial charge in [0.25, 0.3) is 0 Å². The second-order valence-corrected chi connectivity index (χ2v) is 5.97. The summed E-state index contributed by atoms with van der Waals surface area (Å²) in [4.78, 5) is 27.5. The van der Waals surface area contributed by atoms with Crippen molar-refractivity contribution in [3.05, 3.63) is 29.8 Å². The molecular weight excluding hydrogens is 268 g/mol. The van der Waals surface area contributed by atoms with Crippen molar-refractivity contribution in [3.63, 3.8) is 0 Å². The Morgan fingerprint density at radius 3 is 2.43 bits per heavy atom. The van der Waals surface area contributed by atoms with Crippen LogP contribution in [-0.2, 0) is 10.2 Å². The van der Waals surface area contributed by atoms with Crippen LogP contribution in [0.25, 0.3) is 0 Å². The van der Waals surface area contributed by atoms with E-state index >= 15 is 0 Å². The van der Waals surface area contributed by atoms with Gasteiger partial charge in [0.05, 0.1) is 5.41 Å². The Labute approximate surface area is 124 Å². The van der Waals surface area contributed by atoms with E-state index in [0.717, 1.165) is 24.1 Å². The van der Waals surface area contributed by atoms with Crippen LogP contribution in [-0.4, -0.2) is 42.1 Å². The molecule has 2 amide bonds. The van der Waals surface area contributed by atoms with Gasteiger partial charge in [0.2, 0.25) is 0 Å². The molecule has 0 atom stereocenters. The molecule has 5 heteroatoms. The summed E-state index contributed by atoms with van der Waals surface area (Å²) in [5.74, 6) is -0.771. The summed E-state index contributed by atoms with van der Waals surface area (Å²) in [5.41, 5.74) is 0.715. The van der Waals surface area contributed by atoms with Gasteiger partial charge in [0.15, 0.2) is 0 Å². The number of hydrogen-bond acceptors (Lipinski definition) is 2. The van der Waals surface area contributed by atoms with Crippen LogP contribution in [0, 0.1) is 0 Å². The first-order valence-electron chi connectivity index (χ1n) is 7.42. The lowest BCUT2D eigenvalue weighted by Gasteiger charge is -2.29. The monoisotopic (exact) mass is 288 g/mol. The molecule has 2 fully saturated rings. The standard InChI is InChI=1S/C16H20N2O3/c1-17-10-11-18(15(17)21)13-7-3-2-6-12(13)16(14(19)20)8-4-5-9-16/h2-3,6-7H,4-5,8-11H2,1H3,(H,19,20). The van der Waals surface area contributed by atoms with Crippen molar-refractivity contribution in [2.75, 3.05) is 25.0 Å². The SMILES string of the molecule is CN1CCN(c2ccccc2C2(C(=O)O)CCCC2)C1=O. The van der Waals surface area contributed by atoms with Crippen LogP contribution in [0.1, 0.15) is 31.2 Å². The van der Waals surface area contributed by atoms with Crippen LogP contribution in [0.4, 0.5) is 10.5 Å². The lowest BCUT2D eigenvalue weighted by Crippen LogP contribution is -2.36. The van der Waals surface area contributed by atoms with E-state index in [1.54, 1.807) is 16.8 Å². The third kappa shape index (κ3) is 2.07. The number of anilines is 1. The number of carbonyl (C=O) groups is 2. The average molecular weight is 288 g/mol. The number of likely N-dealkylation sites (N-methyl/N-ethyl adjacent to an activating group) is 1. The van der Waals surface area contributed by atoms with Gasteiger partial charge in [-0.2, -0.15) is 0 Å². The van der Waals surface area contributed by atoms with Gasteiger partial charge in [-0.1, -0.05) is 31.0 Å². The number of carbonyl (C=O) groups excluding carboxylic acids is 1. The van der Waals surface area contributed by atoms with Gasteiger partial charge < -0.3 is 10.0 Å². The Hall–Kier alpha value is -2.04. The molecule has 0 spiro atoms. The molecule has 0 aromatic heterocycles. The van der Waals surface area contributed by atoms with Gasteiger partial charge in [0, 0.05) is 25.8 Å². The number of rotatable bonds is 3. The number of amides is 2. The number of carboxylic acids is 1. The summed E-state index contributed by atoms with van der Waals surface area (Å²) in [6.07, 6.45) is 3.15. The summed E-state index contributed by atoms with van der Waals surface area (Å²) in [7, 11) is 1.77. The number of nitrogens with zero attached hydrogens (tertiary/aromatic N) is 2. The highest BCUT2D eigenvalue weighted by atomic mass is 16.4. The average Bonchev–Trinajstić information content (AvgIpc) is 3.09. The van der Waals surface area contributed by atoms with Crippen molar-refractivity contribution < 1.29 is 14.7 Å². The number of benzene rings is 1. The zero-order valence-electron chi connectivity index (χ0n) is 12.2. The zero-order chi connectivity index (χ0) is 15.0. The molecule has 1 aromatic carbocycles. The van der Waals surface area contributed by atoms with E-state index in [0.29, 0.717) is 25.9 Å². The molecule has 21 heavy (non-hydrogen) atoms. The molecule has 0 unspecified atom stereocenters. The summed E-state index contributed by atoms with van der Waals surface area (Å²) in [6, 6.07) is 7.43. The van der Waals surface area contributed by atoms with Crippen molar-refractivity contribution in [1.82, 2.24) is 4.90 Å². The first-order valence-corrected chi connectivity index (χ1v) is 7.42. The second kappa shape index (κ2) is 5.06. The highest BCUT2D eigenvalue weighted by Gasteiger charge is 2.45. The Kier molecular flexibility index (Phi) is 3.35. The fourth-order valence-corrected chi connectivity index (χ4v) is 3.56. The minimum atomic E-state index is -0.835. The van der Waals surface area contributed by atoms with Gasteiger partial charge in [-0.05, 0) is 24.5 Å². The van der Waals surface area contributed by atoms with Crippen molar-refractivity contribution in [3.8, 4) is 0 Å². The summed E-state index contributed by atoms with van der Waals surface area (Å²) in [5, 5.41) is 9.79. The van der Waals surface area contributed by atoms with Crippen LogP contribution < -0.4 is 4.90 Å². The predicted molar refractivity (Wildman–Crippen MR) is 79.6 cm³/mol. The molecule has 0 radical (unpaired) electrons. The van der Waals surface area contributed by atoms with Crippen LogP contribution >= 0.6 is 0 Å². The Morgan fingerprint density at radius 2 is 1.86 bits per heavy atom. The summed E-state index contributed by atoms with van der Waals surface area (Å²) in [6.45, 7) is 1.29. The van der Waals surface area contributed by atoms with E-state index in [4.69, 9.17) is 0 Å². The molecule has 112 valence electrons. The fraction of sp³-hybridized carbons (Fsp3) is 0.500. The number of carboxylic acid groups (broad SMARTS) is 1. The van der Waals surface area contributed by atoms with Crippen molar-refractivity contribution >= 4 is 17.7 Å². The van der Waals surface area contributed by atoms with Crippen molar-refractivity contribution in [1.29, 1.82) is 0 Å². The number of para-hydroxylation sites is 1. The van der Waals surface area contributed by atoms with Crippen molar-refractivity contribution in [2.45, 2.75) is 31.1 Å². The van der Waals surface area contributed by atoms with Crippen LogP contribution in [0.2, 0.25) is 0 Å². The quantitative estimate of drug-likeness (QED) is 0.929. The molecule has 1 saturated carbocycles. The fourth-order valence-electron chi connectivity index (χ4n) is 3.56. The highest BCUT2D eigenvalue weighted by molar-refractivity contribution is 5.96. The second-order valence-electron chi connectivity index (χ2n) is 5.97. The molecule has 2 aliphatic rings. The van der Waals surface area contributed by atoms with E-state index in [9.17, 15) is 14.7 Å². The Morgan fingerprint density at radius 1 is 1.19 bits per heavy atom. The van der Waals surface area contributed by atoms with Crippen LogP contribution in [0.5, 0.6) is 0 Å². The predicted octanol–water partition coefficient (Wildman–Crippen LogP) is 2.45. The molecule has 1 N–H and O–H groups in total. The molecule has 0 bridgehead atoms. The molecule has 1 heterocycles. The van der Waals surface area contributed by atoms with Gasteiger partial charge in [-0.25, -0.2) is 4.79 Å². The number of urea groups is 1. The lowest BCUT2D eigenvalue weighted by molar-refractivity contribution is -0.143. The molecule has 1 aliphatic heterocycles. The van der Waals surface area contributed by atoms with E-state index in [2.05, 4.69) is 0 Å². The number of hydrogen-bond donors (Lipinski definition) is 1. The van der Waals surface area contributed by atoms with Gasteiger partial charge in [-0.15, -0.1) is 0 Å². The third-order valence-corrected chi connectivity index (χ3v) is 4.79. The molecule has 1 aliphatic carbocycles. The number of aliphatic carboxylic acids is 1.